The standard InChI is InChI=1S/C21H30N6O2/c1-25(2)24-8-5-16-13-18(22)20(28-3)15-19(16)27-11-9-26(10-12-27)17-6-7-23-21(14-17)29-4/h6-8,13-15H,5,9-12,22H2,1-4H3/b24-8-. The van der Waals surface area contributed by atoms with Crippen LogP contribution in [0.5, 0.6) is 11.6 Å². The summed E-state index contributed by atoms with van der Waals surface area (Å²) in [5, 5.41) is 6.12. The molecule has 0 radical (unpaired) electrons. The summed E-state index contributed by atoms with van der Waals surface area (Å²) in [7, 11) is 7.11. The van der Waals surface area contributed by atoms with Crippen molar-refractivity contribution in [2.75, 3.05) is 70.0 Å². The molecule has 2 heterocycles. The van der Waals surface area contributed by atoms with E-state index < -0.39 is 0 Å². The predicted molar refractivity (Wildman–Crippen MR) is 119 cm³/mol. The van der Waals surface area contributed by atoms with Crippen molar-refractivity contribution in [2.24, 2.45) is 5.10 Å². The van der Waals surface area contributed by atoms with Gasteiger partial charge >= 0.3 is 0 Å². The number of hydrazone groups is 1. The molecule has 1 saturated heterocycles. The smallest absolute Gasteiger partial charge is 0.214 e. The van der Waals surface area contributed by atoms with Gasteiger partial charge in [-0.15, -0.1) is 0 Å². The molecule has 0 unspecified atom stereocenters. The van der Waals surface area contributed by atoms with Gasteiger partial charge < -0.3 is 30.0 Å². The fourth-order valence-corrected chi connectivity index (χ4v) is 3.48. The third kappa shape index (κ3) is 5.01. The Morgan fingerprint density at radius 1 is 1.10 bits per heavy atom. The van der Waals surface area contributed by atoms with Crippen molar-refractivity contribution in [1.29, 1.82) is 0 Å². The van der Waals surface area contributed by atoms with E-state index in [1.165, 1.54) is 0 Å². The summed E-state index contributed by atoms with van der Waals surface area (Å²) in [6.45, 7) is 3.61. The molecule has 1 aromatic carbocycles. The lowest BCUT2D eigenvalue weighted by Gasteiger charge is -2.38. The number of methoxy groups -OCH3 is 2. The van der Waals surface area contributed by atoms with E-state index >= 15 is 0 Å². The van der Waals surface area contributed by atoms with E-state index in [2.05, 4.69) is 19.9 Å². The van der Waals surface area contributed by atoms with Crippen molar-refractivity contribution in [3.63, 3.8) is 0 Å². The molecular formula is C21H30N6O2. The Balaban J connectivity index is 1.77. The van der Waals surface area contributed by atoms with Crippen LogP contribution in [0.4, 0.5) is 17.1 Å². The molecule has 8 heteroatoms. The van der Waals surface area contributed by atoms with Crippen molar-refractivity contribution in [3.8, 4) is 11.6 Å². The van der Waals surface area contributed by atoms with E-state index in [-0.39, 0.29) is 0 Å². The molecule has 1 aliphatic heterocycles. The van der Waals surface area contributed by atoms with E-state index in [1.54, 1.807) is 25.4 Å². The summed E-state index contributed by atoms with van der Waals surface area (Å²) < 4.78 is 10.7. The number of nitrogens with two attached hydrogens (primary N) is 1. The number of piperazine rings is 1. The Morgan fingerprint density at radius 2 is 1.83 bits per heavy atom. The monoisotopic (exact) mass is 398 g/mol. The molecule has 29 heavy (non-hydrogen) atoms. The molecule has 1 aliphatic rings. The van der Waals surface area contributed by atoms with Crippen molar-refractivity contribution >= 4 is 23.3 Å². The Bertz CT molecular complexity index is 847. The molecule has 0 amide bonds. The molecule has 0 spiro atoms. The zero-order valence-corrected chi connectivity index (χ0v) is 17.6. The SMILES string of the molecule is COc1cc(N2CCN(c3cc(OC)c(N)cc3C/C=N\N(C)C)CC2)ccn1. The summed E-state index contributed by atoms with van der Waals surface area (Å²) in [5.41, 5.74) is 10.2. The molecule has 2 aromatic rings. The van der Waals surface area contributed by atoms with Crippen LogP contribution < -0.4 is 25.0 Å². The Kier molecular flexibility index (Phi) is 6.64. The Morgan fingerprint density at radius 3 is 2.48 bits per heavy atom. The molecule has 0 bridgehead atoms. The number of pyridine rings is 1. The van der Waals surface area contributed by atoms with E-state index in [0.29, 0.717) is 23.7 Å². The average Bonchev–Trinajstić information content (AvgIpc) is 2.74. The topological polar surface area (TPSA) is 79.5 Å². The van der Waals surface area contributed by atoms with Crippen LogP contribution in [0.3, 0.4) is 0 Å². The summed E-state index contributed by atoms with van der Waals surface area (Å²) >= 11 is 0. The predicted octanol–water partition coefficient (Wildman–Crippen LogP) is 2.10. The van der Waals surface area contributed by atoms with E-state index in [1.807, 2.05) is 44.6 Å². The fraction of sp³-hybridized carbons (Fsp3) is 0.429. The Labute approximate surface area is 172 Å². The van der Waals surface area contributed by atoms with Crippen molar-refractivity contribution in [1.82, 2.24) is 9.99 Å². The number of ether oxygens (including phenoxy) is 2. The normalized spacial score (nSPS) is 14.3. The fourth-order valence-electron chi connectivity index (χ4n) is 3.48. The van der Waals surface area contributed by atoms with Crippen LogP contribution in [-0.2, 0) is 6.42 Å². The van der Waals surface area contributed by atoms with Crippen LogP contribution in [0, 0.1) is 0 Å². The largest absolute Gasteiger partial charge is 0.495 e. The third-order valence-electron chi connectivity index (χ3n) is 4.97. The molecule has 0 saturated carbocycles. The van der Waals surface area contributed by atoms with Gasteiger partial charge in [0.25, 0.3) is 0 Å². The molecule has 2 N–H and O–H groups in total. The number of benzene rings is 1. The van der Waals surface area contributed by atoms with Gasteiger partial charge in [0.1, 0.15) is 5.75 Å². The highest BCUT2D eigenvalue weighted by atomic mass is 16.5. The summed E-state index contributed by atoms with van der Waals surface area (Å²) in [4.78, 5) is 8.93. The second kappa shape index (κ2) is 9.36. The molecule has 1 fully saturated rings. The molecule has 3 rings (SSSR count). The van der Waals surface area contributed by atoms with Gasteiger partial charge in [0.05, 0.1) is 19.9 Å². The van der Waals surface area contributed by atoms with Crippen LogP contribution >= 0.6 is 0 Å². The van der Waals surface area contributed by atoms with Crippen LogP contribution in [0.25, 0.3) is 0 Å². The number of nitrogens with zero attached hydrogens (tertiary/aromatic N) is 5. The second-order valence-corrected chi connectivity index (χ2v) is 7.10. The van der Waals surface area contributed by atoms with E-state index in [0.717, 1.165) is 43.1 Å². The first-order chi connectivity index (χ1) is 14.0. The Hall–Kier alpha value is -3.16. The number of aromatic nitrogens is 1. The zero-order chi connectivity index (χ0) is 20.8. The van der Waals surface area contributed by atoms with E-state index in [4.69, 9.17) is 15.2 Å². The van der Waals surface area contributed by atoms with Gasteiger partial charge in [-0.05, 0) is 17.7 Å². The van der Waals surface area contributed by atoms with Crippen LogP contribution in [0.2, 0.25) is 0 Å². The number of anilines is 3. The third-order valence-corrected chi connectivity index (χ3v) is 4.97. The number of rotatable bonds is 7. The van der Waals surface area contributed by atoms with Crippen molar-refractivity contribution < 1.29 is 9.47 Å². The van der Waals surface area contributed by atoms with Crippen molar-refractivity contribution in [3.05, 3.63) is 36.0 Å². The van der Waals surface area contributed by atoms with Gasteiger partial charge in [-0.25, -0.2) is 4.98 Å². The summed E-state index contributed by atoms with van der Waals surface area (Å²) in [6.07, 6.45) is 4.40. The quantitative estimate of drug-likeness (QED) is 0.435. The highest BCUT2D eigenvalue weighted by Crippen LogP contribution is 2.33. The maximum atomic E-state index is 6.16. The van der Waals surface area contributed by atoms with Gasteiger partial charge in [-0.2, -0.15) is 5.10 Å². The second-order valence-electron chi connectivity index (χ2n) is 7.10. The van der Waals surface area contributed by atoms with Gasteiger partial charge in [-0.1, -0.05) is 0 Å². The maximum absolute atomic E-state index is 6.16. The lowest BCUT2D eigenvalue weighted by atomic mass is 10.1. The lowest BCUT2D eigenvalue weighted by molar-refractivity contribution is 0.398. The minimum Gasteiger partial charge on any atom is -0.495 e. The highest BCUT2D eigenvalue weighted by Gasteiger charge is 2.21. The van der Waals surface area contributed by atoms with Crippen LogP contribution in [-0.4, -0.2) is 70.7 Å². The molecule has 8 nitrogen and oxygen atoms in total. The first-order valence-electron chi connectivity index (χ1n) is 9.68. The molecular weight excluding hydrogens is 368 g/mol. The van der Waals surface area contributed by atoms with Gasteiger partial charge in [-0.3, -0.25) is 0 Å². The maximum Gasteiger partial charge on any atom is 0.214 e. The van der Waals surface area contributed by atoms with Gasteiger partial charge in [0.2, 0.25) is 5.88 Å². The van der Waals surface area contributed by atoms with Crippen LogP contribution in [0.1, 0.15) is 5.56 Å². The first kappa shape index (κ1) is 20.6. The van der Waals surface area contributed by atoms with Crippen LogP contribution in [0.15, 0.2) is 35.6 Å². The minimum atomic E-state index is 0.635. The first-order valence-corrected chi connectivity index (χ1v) is 9.68. The highest BCUT2D eigenvalue weighted by molar-refractivity contribution is 5.73. The van der Waals surface area contributed by atoms with Gasteiger partial charge in [0.15, 0.2) is 0 Å². The average molecular weight is 399 g/mol. The minimum absolute atomic E-state index is 0.635. The van der Waals surface area contributed by atoms with Crippen molar-refractivity contribution in [2.45, 2.75) is 6.42 Å². The zero-order valence-electron chi connectivity index (χ0n) is 17.6. The molecule has 1 aromatic heterocycles. The number of hydrogen-bond acceptors (Lipinski definition) is 8. The van der Waals surface area contributed by atoms with E-state index in [9.17, 15) is 0 Å². The van der Waals surface area contributed by atoms with Gasteiger partial charge in [0, 0.05) is 82.6 Å². The molecule has 0 atom stereocenters. The number of nitrogen functional groups attached to an aromatic ring is 1. The molecule has 156 valence electrons. The summed E-state index contributed by atoms with van der Waals surface area (Å²) in [5.74, 6) is 1.34. The lowest BCUT2D eigenvalue weighted by Crippen LogP contribution is -2.46. The summed E-state index contributed by atoms with van der Waals surface area (Å²) in [6, 6.07) is 8.04. The number of hydrogen-bond donors (Lipinski definition) is 1. The molecule has 0 aliphatic carbocycles.